The molecule has 12 rings (SSSR count). The molecule has 0 saturated carbocycles. The highest BCUT2D eigenvalue weighted by molar-refractivity contribution is 6.04. The summed E-state index contributed by atoms with van der Waals surface area (Å²) in [6.07, 6.45) is -0.249. The van der Waals surface area contributed by atoms with Crippen LogP contribution in [0.1, 0.15) is 81.9 Å². The van der Waals surface area contributed by atoms with Crippen molar-refractivity contribution >= 4 is 103 Å². The maximum absolute atomic E-state index is 13.9. The normalized spacial score (nSPS) is 11.3. The molecular weight excluding hydrogens is 1220 g/mol. The number of rotatable bonds is 12. The second-order valence-corrected chi connectivity index (χ2v) is 22.9. The van der Waals surface area contributed by atoms with Crippen LogP contribution >= 0.6 is 0 Å². The first kappa shape index (κ1) is 65.8. The van der Waals surface area contributed by atoms with Gasteiger partial charge in [0.2, 0.25) is 0 Å². The quantitative estimate of drug-likeness (QED) is 0.0513. The summed E-state index contributed by atoms with van der Waals surface area (Å²) in [4.78, 5) is 62.1. The van der Waals surface area contributed by atoms with Crippen LogP contribution in [0.4, 0.5) is 83.5 Å². The molecule has 6 aromatic carbocycles. The number of nitrogen functional groups attached to an aromatic ring is 3. The molecule has 12 aromatic rings. The maximum Gasteiger partial charge on any atom is 0.416 e. The van der Waals surface area contributed by atoms with Crippen molar-refractivity contribution in [1.29, 1.82) is 0 Å². The zero-order valence-corrected chi connectivity index (χ0v) is 53.0. The second-order valence-electron chi connectivity index (χ2n) is 22.9. The largest absolute Gasteiger partial charge is 0.416 e. The van der Waals surface area contributed by atoms with Crippen molar-refractivity contribution in [3.8, 4) is 33.8 Å². The topological polar surface area (TPSA) is 332 Å². The van der Waals surface area contributed by atoms with Gasteiger partial charge >= 0.3 is 24.3 Å². The number of benzene rings is 6. The van der Waals surface area contributed by atoms with Crippen LogP contribution in [0.5, 0.6) is 0 Å². The zero-order chi connectivity index (χ0) is 68.0. The highest BCUT2D eigenvalue weighted by Crippen LogP contribution is 2.37. The van der Waals surface area contributed by atoms with E-state index in [4.69, 9.17) is 22.3 Å². The molecule has 6 amide bonds. The molecule has 28 heteroatoms. The van der Waals surface area contributed by atoms with Crippen LogP contribution in [0.2, 0.25) is 0 Å². The summed E-state index contributed by atoms with van der Waals surface area (Å²) in [5, 5.41) is 32.0. The van der Waals surface area contributed by atoms with Crippen molar-refractivity contribution in [1.82, 2.24) is 59.2 Å². The molecule has 0 aliphatic rings. The van der Waals surface area contributed by atoms with E-state index < -0.39 is 29.6 Å². The fourth-order valence-electron chi connectivity index (χ4n) is 10.1. The number of nitrogens with two attached hydrogens (primary N) is 3. The number of amides is 6. The number of halogens is 4. The van der Waals surface area contributed by atoms with Gasteiger partial charge in [0.1, 0.15) is 59.3 Å². The Hall–Kier alpha value is -12.1. The first-order valence-electron chi connectivity index (χ1n) is 29.8. The minimum atomic E-state index is -4.50. The number of aryl methyl sites for hydroxylation is 3. The number of nitrogens with zero attached hydrogens (tertiary/aromatic N) is 12. The van der Waals surface area contributed by atoms with Crippen molar-refractivity contribution in [2.75, 3.05) is 49.1 Å². The second kappa shape index (κ2) is 27.8. The maximum atomic E-state index is 13.9. The summed E-state index contributed by atoms with van der Waals surface area (Å²) in [6, 6.07) is 35.9. The van der Waals surface area contributed by atoms with E-state index in [1.807, 2.05) is 121 Å². The average Bonchev–Trinajstić information content (AvgIpc) is 1.64. The van der Waals surface area contributed by atoms with Crippen molar-refractivity contribution in [2.45, 2.75) is 86.6 Å². The molecule has 12 N–H and O–H groups in total. The number of urea groups is 3. The number of carbonyl (C=O) groups is 3. The Bertz CT molecular complexity index is 4800. The molecule has 486 valence electrons. The van der Waals surface area contributed by atoms with Gasteiger partial charge in [0.05, 0.1) is 27.4 Å². The number of aromatic nitrogens is 12. The van der Waals surface area contributed by atoms with E-state index in [2.05, 4.69) is 72.0 Å². The van der Waals surface area contributed by atoms with Gasteiger partial charge in [0, 0.05) is 63.3 Å². The molecule has 0 saturated heterocycles. The number of hydrogen-bond donors (Lipinski definition) is 9. The Balaban J connectivity index is 0.000000156. The van der Waals surface area contributed by atoms with Crippen LogP contribution < -0.4 is 49.1 Å². The Morgan fingerprint density at radius 3 is 1.14 bits per heavy atom. The number of hydrogen-bond acceptors (Lipinski definition) is 15. The van der Waals surface area contributed by atoms with Crippen molar-refractivity contribution in [2.24, 2.45) is 0 Å². The lowest BCUT2D eigenvalue weighted by Crippen LogP contribution is -2.20. The molecule has 0 aliphatic carbocycles. The van der Waals surface area contributed by atoms with Gasteiger partial charge in [-0.05, 0) is 152 Å². The Morgan fingerprint density at radius 1 is 0.421 bits per heavy atom. The van der Waals surface area contributed by atoms with E-state index in [1.54, 1.807) is 57.9 Å². The molecule has 0 atom stereocenters. The summed E-state index contributed by atoms with van der Waals surface area (Å²) < 4.78 is 58.6. The summed E-state index contributed by atoms with van der Waals surface area (Å²) in [5.74, 6) is 0.559. The SMILES string of the molecule is Cc1ccc(F)c(NC(=O)Nc2ccc(-c3nn(C(C)C)c4ncnc(N)c34)cc2)c1.Cc1ccc(NC(=O)Nc2ccc(-c3nn(C(C)C)c4ncnc(N)c34)cc2)cc1C(F)(F)F.Cc1cccc(NC(=O)Nc2ccc(-c3nn(C(C)C)c4ncnc(N)c34)cc2)c1. The van der Waals surface area contributed by atoms with Crippen LogP contribution in [-0.4, -0.2) is 77.3 Å². The average molecular weight is 1290 g/mol. The van der Waals surface area contributed by atoms with Crippen LogP contribution in [0, 0.1) is 26.6 Å². The smallest absolute Gasteiger partial charge is 0.383 e. The predicted molar refractivity (Wildman–Crippen MR) is 363 cm³/mol. The summed E-state index contributed by atoms with van der Waals surface area (Å²) in [7, 11) is 0. The van der Waals surface area contributed by atoms with Crippen LogP contribution in [0.15, 0.2) is 152 Å². The van der Waals surface area contributed by atoms with Gasteiger partial charge in [0.25, 0.3) is 0 Å². The Morgan fingerprint density at radius 2 is 0.768 bits per heavy atom. The summed E-state index contributed by atoms with van der Waals surface area (Å²) in [5.41, 5.74) is 28.4. The van der Waals surface area contributed by atoms with Gasteiger partial charge in [-0.1, -0.05) is 60.7 Å². The lowest BCUT2D eigenvalue weighted by atomic mass is 10.1. The van der Waals surface area contributed by atoms with Crippen LogP contribution in [-0.2, 0) is 6.18 Å². The third-order valence-electron chi connectivity index (χ3n) is 14.7. The minimum absolute atomic E-state index is 0.0354. The van der Waals surface area contributed by atoms with Gasteiger partial charge in [-0.2, -0.15) is 28.5 Å². The molecule has 6 heterocycles. The standard InChI is InChI=1S/C23H22F3N7O.C22H22FN7O.C22H23N7O/c1-12(2)33-21-18(20(27)28-11-29-21)19(32-33)14-5-8-15(9-6-14)30-22(34)31-16-7-4-13(3)17(10-16)23(24,25)26;1-12(2)30-21-18(20(24)25-11-26-21)19(29-30)14-5-7-15(8-6-14)27-22(31)28-17-10-13(3)4-9-16(17)23;1-13(2)29-21-18(20(23)24-12-25-21)19(28-29)15-7-9-16(10-8-15)26-22(30)27-17-6-4-5-14(3)11-17/h4-12H,1-3H3,(H2,27,28,29)(H2,30,31,34);4-12H,1-3H3,(H2,24,25,26)(H2,27,28,31);4-13H,1-3H3,(H2,23,24,25)(H2,26,27,30). The molecule has 0 unspecified atom stereocenters. The van der Waals surface area contributed by atoms with Crippen molar-refractivity contribution < 1.29 is 31.9 Å². The van der Waals surface area contributed by atoms with Gasteiger partial charge in [0.15, 0.2) is 16.9 Å². The Kier molecular flexibility index (Phi) is 19.3. The monoisotopic (exact) mass is 1290 g/mol. The lowest BCUT2D eigenvalue weighted by molar-refractivity contribution is -0.138. The summed E-state index contributed by atoms with van der Waals surface area (Å²) >= 11 is 0. The van der Waals surface area contributed by atoms with E-state index in [1.165, 1.54) is 44.1 Å². The van der Waals surface area contributed by atoms with Crippen molar-refractivity contribution in [3.05, 3.63) is 181 Å². The molecule has 0 radical (unpaired) electrons. The number of carbonyl (C=O) groups excluding carboxylic acids is 3. The predicted octanol–water partition coefficient (Wildman–Crippen LogP) is 15.0. The summed E-state index contributed by atoms with van der Waals surface area (Å²) in [6.45, 7) is 17.2. The third-order valence-corrected chi connectivity index (χ3v) is 14.7. The number of nitrogens with one attached hydrogen (secondary N) is 6. The zero-order valence-electron chi connectivity index (χ0n) is 53.0. The highest BCUT2D eigenvalue weighted by atomic mass is 19.4. The van der Waals surface area contributed by atoms with E-state index in [0.717, 1.165) is 45.0 Å². The van der Waals surface area contributed by atoms with E-state index >= 15 is 0 Å². The molecule has 0 aliphatic heterocycles. The fourth-order valence-corrected chi connectivity index (χ4v) is 10.1. The molecule has 6 aromatic heterocycles. The molecule has 0 bridgehead atoms. The lowest BCUT2D eigenvalue weighted by Gasteiger charge is -2.13. The van der Waals surface area contributed by atoms with E-state index in [0.29, 0.717) is 79.3 Å². The highest BCUT2D eigenvalue weighted by Gasteiger charge is 2.33. The number of anilines is 9. The minimum Gasteiger partial charge on any atom is -0.383 e. The molecule has 0 fully saturated rings. The molecule has 24 nitrogen and oxygen atoms in total. The molecular formula is C67H67F4N21O3. The Labute approximate surface area is 541 Å². The van der Waals surface area contributed by atoms with E-state index in [-0.39, 0.29) is 41.1 Å². The van der Waals surface area contributed by atoms with Gasteiger partial charge < -0.3 is 49.1 Å². The first-order valence-corrected chi connectivity index (χ1v) is 29.8. The van der Waals surface area contributed by atoms with Gasteiger partial charge in [-0.15, -0.1) is 0 Å². The first-order chi connectivity index (χ1) is 45.3. The molecule has 0 spiro atoms. The van der Waals surface area contributed by atoms with Crippen LogP contribution in [0.25, 0.3) is 66.9 Å². The fraction of sp³-hybridized carbons (Fsp3) is 0.194. The van der Waals surface area contributed by atoms with Gasteiger partial charge in [-0.3, -0.25) is 0 Å². The number of fused-ring (bicyclic) bond motifs is 3. The molecule has 95 heavy (non-hydrogen) atoms. The van der Waals surface area contributed by atoms with E-state index in [9.17, 15) is 31.9 Å². The van der Waals surface area contributed by atoms with Gasteiger partial charge in [-0.25, -0.2) is 62.7 Å². The third kappa shape index (κ3) is 15.1. The van der Waals surface area contributed by atoms with Crippen molar-refractivity contribution in [3.63, 3.8) is 0 Å². The van der Waals surface area contributed by atoms with Crippen LogP contribution in [0.3, 0.4) is 0 Å². The number of alkyl halides is 3.